The van der Waals surface area contributed by atoms with Crippen molar-refractivity contribution in [2.24, 2.45) is 17.8 Å². The summed E-state index contributed by atoms with van der Waals surface area (Å²) in [5, 5.41) is 0. The van der Waals surface area contributed by atoms with Crippen LogP contribution in [0.15, 0.2) is 0 Å². The summed E-state index contributed by atoms with van der Waals surface area (Å²) in [4.78, 5) is 25.5. The first kappa shape index (κ1) is 14.2. The van der Waals surface area contributed by atoms with Gasteiger partial charge in [-0.25, -0.2) is 4.79 Å². The molecule has 2 atom stereocenters. The lowest BCUT2D eigenvalue weighted by atomic mass is 9.92. The van der Waals surface area contributed by atoms with Gasteiger partial charge in [0.05, 0.1) is 13.0 Å². The van der Waals surface area contributed by atoms with E-state index >= 15 is 0 Å². The third-order valence-electron chi connectivity index (χ3n) is 3.75. The Morgan fingerprint density at radius 2 is 1.79 bits per heavy atom. The van der Waals surface area contributed by atoms with Crippen molar-refractivity contribution in [3.8, 4) is 0 Å². The monoisotopic (exact) mass is 269 g/mol. The van der Waals surface area contributed by atoms with Gasteiger partial charge in [0, 0.05) is 13.1 Å². The van der Waals surface area contributed by atoms with Crippen LogP contribution in [-0.4, -0.2) is 42.8 Å². The summed E-state index contributed by atoms with van der Waals surface area (Å²) in [6.45, 7) is 6.56. The van der Waals surface area contributed by atoms with Crippen LogP contribution in [-0.2, 0) is 14.3 Å². The molecule has 0 aromatic rings. The average Bonchev–Trinajstić information content (AvgIpc) is 3.05. The number of nitrogens with zero attached hydrogens (tertiary/aromatic N) is 1. The molecule has 0 aromatic heterocycles. The second-order valence-electron chi connectivity index (χ2n) is 6.52. The Labute approximate surface area is 114 Å². The number of likely N-dealkylation sites (tertiary alicyclic amines) is 1. The fourth-order valence-corrected chi connectivity index (χ4v) is 2.71. The predicted octanol–water partition coefficient (Wildman–Crippen LogP) is 2.05. The second-order valence-corrected chi connectivity index (χ2v) is 6.52. The smallest absolute Gasteiger partial charge is 0.410 e. The molecule has 1 amide bonds. The number of ether oxygens (including phenoxy) is 2. The summed E-state index contributed by atoms with van der Waals surface area (Å²) < 4.78 is 10.2. The zero-order valence-corrected chi connectivity index (χ0v) is 12.1. The molecule has 0 bridgehead atoms. The van der Waals surface area contributed by atoms with Crippen LogP contribution in [0.1, 0.15) is 33.6 Å². The molecule has 1 saturated carbocycles. The largest absolute Gasteiger partial charge is 0.469 e. The van der Waals surface area contributed by atoms with E-state index in [2.05, 4.69) is 0 Å². The minimum absolute atomic E-state index is 0.190. The third-order valence-corrected chi connectivity index (χ3v) is 3.75. The van der Waals surface area contributed by atoms with Crippen molar-refractivity contribution in [2.45, 2.75) is 39.2 Å². The molecular weight excluding hydrogens is 246 g/mol. The molecule has 2 fully saturated rings. The minimum Gasteiger partial charge on any atom is -0.469 e. The van der Waals surface area contributed by atoms with Crippen molar-refractivity contribution < 1.29 is 19.1 Å². The highest BCUT2D eigenvalue weighted by atomic mass is 16.6. The van der Waals surface area contributed by atoms with E-state index in [0.29, 0.717) is 19.0 Å². The van der Waals surface area contributed by atoms with Gasteiger partial charge in [-0.05, 0) is 45.4 Å². The molecule has 0 spiro atoms. The zero-order valence-electron chi connectivity index (χ0n) is 12.1. The molecule has 1 heterocycles. The molecule has 108 valence electrons. The zero-order chi connectivity index (χ0) is 14.2. The van der Waals surface area contributed by atoms with E-state index in [1.54, 1.807) is 4.90 Å². The van der Waals surface area contributed by atoms with Crippen LogP contribution in [0, 0.1) is 17.8 Å². The predicted molar refractivity (Wildman–Crippen MR) is 69.5 cm³/mol. The van der Waals surface area contributed by atoms with Crippen LogP contribution in [0.25, 0.3) is 0 Å². The molecule has 1 saturated heterocycles. The van der Waals surface area contributed by atoms with Crippen molar-refractivity contribution in [3.63, 3.8) is 0 Å². The normalized spacial score (nSPS) is 27.3. The van der Waals surface area contributed by atoms with Gasteiger partial charge in [-0.3, -0.25) is 4.79 Å². The van der Waals surface area contributed by atoms with Crippen molar-refractivity contribution in [1.29, 1.82) is 0 Å². The molecule has 1 aliphatic carbocycles. The highest BCUT2D eigenvalue weighted by Gasteiger charge is 2.48. The lowest BCUT2D eigenvalue weighted by Crippen LogP contribution is -2.36. The van der Waals surface area contributed by atoms with Gasteiger partial charge < -0.3 is 14.4 Å². The molecule has 0 N–H and O–H groups in total. The fraction of sp³-hybridized carbons (Fsp3) is 0.857. The summed E-state index contributed by atoms with van der Waals surface area (Å²) in [5.74, 6) is 0.407. The van der Waals surface area contributed by atoms with E-state index in [9.17, 15) is 9.59 Å². The highest BCUT2D eigenvalue weighted by molar-refractivity contribution is 5.76. The lowest BCUT2D eigenvalue weighted by Gasteiger charge is -2.24. The Morgan fingerprint density at radius 1 is 1.16 bits per heavy atom. The van der Waals surface area contributed by atoms with Crippen molar-refractivity contribution >= 4 is 12.1 Å². The fourth-order valence-electron chi connectivity index (χ4n) is 2.71. The number of carbonyl (C=O) groups excluding carboxylic acids is 2. The average molecular weight is 269 g/mol. The maximum Gasteiger partial charge on any atom is 0.410 e. The summed E-state index contributed by atoms with van der Waals surface area (Å²) in [7, 11) is 1.41. The number of methoxy groups -OCH3 is 1. The van der Waals surface area contributed by atoms with E-state index < -0.39 is 5.60 Å². The van der Waals surface area contributed by atoms with Crippen LogP contribution in [0.3, 0.4) is 0 Å². The van der Waals surface area contributed by atoms with E-state index in [1.807, 2.05) is 20.8 Å². The number of carbonyl (C=O) groups is 2. The Morgan fingerprint density at radius 3 is 2.26 bits per heavy atom. The number of amides is 1. The van der Waals surface area contributed by atoms with Crippen LogP contribution in [0.2, 0.25) is 0 Å². The Hall–Kier alpha value is -1.26. The van der Waals surface area contributed by atoms with Gasteiger partial charge in [-0.1, -0.05) is 0 Å². The van der Waals surface area contributed by atoms with Gasteiger partial charge in [0.2, 0.25) is 0 Å². The molecule has 2 rings (SSSR count). The Kier molecular flexibility index (Phi) is 3.74. The number of hydrogen-bond donors (Lipinski definition) is 0. The van der Waals surface area contributed by atoms with Crippen molar-refractivity contribution in [3.05, 3.63) is 0 Å². The van der Waals surface area contributed by atoms with Crippen LogP contribution >= 0.6 is 0 Å². The minimum atomic E-state index is -0.504. The lowest BCUT2D eigenvalue weighted by molar-refractivity contribution is -0.146. The van der Waals surface area contributed by atoms with Gasteiger partial charge in [0.1, 0.15) is 5.60 Å². The summed E-state index contributed by atoms with van der Waals surface area (Å²) in [5.41, 5.74) is -0.504. The molecule has 0 unspecified atom stereocenters. The third kappa shape index (κ3) is 3.39. The second kappa shape index (κ2) is 5.02. The Balaban J connectivity index is 2.01. The van der Waals surface area contributed by atoms with E-state index in [-0.39, 0.29) is 23.9 Å². The standard InChI is InChI=1S/C14H23NO4/c1-14(2,3)19-13(17)15-7-10(9-5-6-9)11(8-15)12(16)18-4/h9-11H,5-8H2,1-4H3/t10-,11-/m1/s1. The van der Waals surface area contributed by atoms with Crippen molar-refractivity contribution in [2.75, 3.05) is 20.2 Å². The highest BCUT2D eigenvalue weighted by Crippen LogP contribution is 2.44. The molecule has 0 radical (unpaired) electrons. The molecule has 1 aliphatic heterocycles. The van der Waals surface area contributed by atoms with Crippen molar-refractivity contribution in [1.82, 2.24) is 4.90 Å². The van der Waals surface area contributed by atoms with Gasteiger partial charge >= 0.3 is 12.1 Å². The van der Waals surface area contributed by atoms with Gasteiger partial charge in [-0.2, -0.15) is 0 Å². The first-order valence-electron chi connectivity index (χ1n) is 6.87. The van der Waals surface area contributed by atoms with Gasteiger partial charge in [0.25, 0.3) is 0 Å². The number of rotatable bonds is 2. The molecule has 2 aliphatic rings. The van der Waals surface area contributed by atoms with E-state index in [0.717, 1.165) is 12.8 Å². The van der Waals surface area contributed by atoms with Crippen LogP contribution in [0.4, 0.5) is 4.79 Å². The van der Waals surface area contributed by atoms with E-state index in [1.165, 1.54) is 7.11 Å². The molecule has 0 aromatic carbocycles. The maximum atomic E-state index is 12.1. The van der Waals surface area contributed by atoms with Crippen LogP contribution in [0.5, 0.6) is 0 Å². The molecule has 5 nitrogen and oxygen atoms in total. The first-order chi connectivity index (χ1) is 8.81. The topological polar surface area (TPSA) is 55.8 Å². The molecular formula is C14H23NO4. The SMILES string of the molecule is COC(=O)[C@@H]1CN(C(=O)OC(C)(C)C)C[C@@H]1C1CC1. The Bertz CT molecular complexity index is 370. The summed E-state index contributed by atoms with van der Waals surface area (Å²) >= 11 is 0. The summed E-state index contributed by atoms with van der Waals surface area (Å²) in [6, 6.07) is 0. The molecule has 19 heavy (non-hydrogen) atoms. The number of esters is 1. The van der Waals surface area contributed by atoms with Crippen LogP contribution < -0.4 is 0 Å². The first-order valence-corrected chi connectivity index (χ1v) is 6.87. The van der Waals surface area contributed by atoms with Gasteiger partial charge in [0.15, 0.2) is 0 Å². The van der Waals surface area contributed by atoms with Gasteiger partial charge in [-0.15, -0.1) is 0 Å². The summed E-state index contributed by atoms with van der Waals surface area (Å²) in [6.07, 6.45) is 1.98. The number of hydrogen-bond acceptors (Lipinski definition) is 4. The van der Waals surface area contributed by atoms with E-state index in [4.69, 9.17) is 9.47 Å². The quantitative estimate of drug-likeness (QED) is 0.720. The maximum absolute atomic E-state index is 12.1. The molecule has 5 heteroatoms.